The molecule has 50 heavy (non-hydrogen) atoms. The number of methoxy groups -OCH3 is 1. The van der Waals surface area contributed by atoms with E-state index in [4.69, 9.17) is 16.3 Å². The van der Waals surface area contributed by atoms with Gasteiger partial charge in [-0.25, -0.2) is 14.8 Å². The third-order valence-corrected chi connectivity index (χ3v) is 9.07. The van der Waals surface area contributed by atoms with Crippen molar-refractivity contribution >= 4 is 39.9 Å². The minimum atomic E-state index is -4.85. The SMILES string of the molecule is COc1nc(-c2cccc(-c3cccc(Nc4nc(C(F)(F)F)cc5c4c(=O)n(C)c(=O)n5C)c3C)c2Cl)cnc1CNC[C@@H]1CCC(=O)N1. The van der Waals surface area contributed by atoms with E-state index < -0.39 is 23.1 Å². The van der Waals surface area contributed by atoms with E-state index in [1.165, 1.54) is 21.2 Å². The summed E-state index contributed by atoms with van der Waals surface area (Å²) in [6.07, 6.45) is -1.98. The molecule has 5 aromatic rings. The molecule has 0 unspecified atom stereocenters. The van der Waals surface area contributed by atoms with Crippen LogP contribution in [0.15, 0.2) is 58.3 Å². The lowest BCUT2D eigenvalue weighted by Gasteiger charge is -2.18. The second kappa shape index (κ2) is 13.6. The van der Waals surface area contributed by atoms with Gasteiger partial charge in [-0.05, 0) is 36.6 Å². The molecule has 1 atom stereocenters. The van der Waals surface area contributed by atoms with Crippen molar-refractivity contribution in [2.45, 2.75) is 38.5 Å². The Morgan fingerprint density at radius 1 is 1.04 bits per heavy atom. The standard InChI is InChI=1S/C34H32ClF3N8O4/c1-17-19(7-6-10-22(17)42-30-28-25(13-26(44-30)34(36,37)38)45(2)33(49)46(3)32(28)48)20-8-5-9-21(29(20)35)23-16-40-24(31(43-23)50-4)15-39-14-18-11-12-27(47)41-18/h5-10,13,16,18,39H,11-12,14-15H2,1-4H3,(H,41,47)(H,42,44)/t18-/m0/s1. The summed E-state index contributed by atoms with van der Waals surface area (Å²) < 4.78 is 49.1. The van der Waals surface area contributed by atoms with E-state index in [1.807, 2.05) is 0 Å². The summed E-state index contributed by atoms with van der Waals surface area (Å²) in [6, 6.07) is 11.3. The molecule has 16 heteroatoms. The van der Waals surface area contributed by atoms with Crippen molar-refractivity contribution in [1.82, 2.24) is 34.7 Å². The van der Waals surface area contributed by atoms with Crippen LogP contribution in [0, 0.1) is 6.92 Å². The number of carbonyl (C=O) groups is 1. The van der Waals surface area contributed by atoms with E-state index >= 15 is 0 Å². The highest BCUT2D eigenvalue weighted by atomic mass is 35.5. The summed E-state index contributed by atoms with van der Waals surface area (Å²) in [5.41, 5.74) is 0.773. The van der Waals surface area contributed by atoms with Gasteiger partial charge in [-0.3, -0.25) is 23.7 Å². The van der Waals surface area contributed by atoms with Crippen molar-refractivity contribution in [2.75, 3.05) is 19.0 Å². The van der Waals surface area contributed by atoms with Crippen molar-refractivity contribution in [3.8, 4) is 28.3 Å². The Kier molecular flexibility index (Phi) is 9.37. The highest BCUT2D eigenvalue weighted by Crippen LogP contribution is 2.40. The van der Waals surface area contributed by atoms with Crippen molar-refractivity contribution in [3.05, 3.63) is 91.5 Å². The number of hydrogen-bond acceptors (Lipinski definition) is 9. The fourth-order valence-electron chi connectivity index (χ4n) is 5.96. The number of benzene rings is 2. The van der Waals surface area contributed by atoms with E-state index in [0.29, 0.717) is 75.8 Å². The van der Waals surface area contributed by atoms with Crippen LogP contribution in [0.25, 0.3) is 33.3 Å². The first-order valence-corrected chi connectivity index (χ1v) is 15.9. The summed E-state index contributed by atoms with van der Waals surface area (Å²) in [4.78, 5) is 50.2. The number of carbonyl (C=O) groups excluding carboxylic acids is 1. The van der Waals surface area contributed by atoms with Crippen molar-refractivity contribution in [2.24, 2.45) is 14.1 Å². The predicted octanol–water partition coefficient (Wildman–Crippen LogP) is 4.86. The van der Waals surface area contributed by atoms with Crippen LogP contribution in [0.1, 0.15) is 29.8 Å². The lowest BCUT2D eigenvalue weighted by Crippen LogP contribution is -2.37. The first-order valence-electron chi connectivity index (χ1n) is 15.5. The van der Waals surface area contributed by atoms with Gasteiger partial charge in [0.1, 0.15) is 22.6 Å². The van der Waals surface area contributed by atoms with Crippen molar-refractivity contribution in [1.29, 1.82) is 0 Å². The second-order valence-corrected chi connectivity index (χ2v) is 12.2. The summed E-state index contributed by atoms with van der Waals surface area (Å²) in [5, 5.41) is 9.28. The Bertz CT molecular complexity index is 2270. The van der Waals surface area contributed by atoms with Gasteiger partial charge in [0.2, 0.25) is 11.8 Å². The quantitative estimate of drug-likeness (QED) is 0.196. The van der Waals surface area contributed by atoms with Crippen molar-refractivity contribution < 1.29 is 22.7 Å². The third-order valence-electron chi connectivity index (χ3n) is 8.67. The fraction of sp³-hybridized carbons (Fsp3) is 0.294. The van der Waals surface area contributed by atoms with Gasteiger partial charge in [0, 0.05) is 56.5 Å². The van der Waals surface area contributed by atoms with Gasteiger partial charge in [-0.15, -0.1) is 0 Å². The number of aryl methyl sites for hydroxylation is 1. The van der Waals surface area contributed by atoms with Gasteiger partial charge in [0.05, 0.1) is 29.5 Å². The number of rotatable bonds is 9. The lowest BCUT2D eigenvalue weighted by atomic mass is 9.96. The zero-order valence-corrected chi connectivity index (χ0v) is 28.2. The number of aromatic nitrogens is 5. The Morgan fingerprint density at radius 3 is 2.46 bits per heavy atom. The first-order chi connectivity index (χ1) is 23.8. The Labute approximate surface area is 288 Å². The molecular weight excluding hydrogens is 677 g/mol. The van der Waals surface area contributed by atoms with E-state index in [2.05, 4.69) is 30.9 Å². The van der Waals surface area contributed by atoms with Crippen LogP contribution in [-0.2, 0) is 31.6 Å². The number of halogens is 4. The molecule has 1 amide bonds. The van der Waals surface area contributed by atoms with Gasteiger partial charge in [0.25, 0.3) is 5.56 Å². The molecule has 0 bridgehead atoms. The normalized spacial score (nSPS) is 14.6. The third kappa shape index (κ3) is 6.53. The zero-order valence-electron chi connectivity index (χ0n) is 27.4. The van der Waals surface area contributed by atoms with Crippen LogP contribution >= 0.6 is 11.6 Å². The molecule has 6 rings (SSSR count). The van der Waals surface area contributed by atoms with E-state index in [1.54, 1.807) is 49.5 Å². The average molecular weight is 709 g/mol. The van der Waals surface area contributed by atoms with Gasteiger partial charge in [-0.1, -0.05) is 41.9 Å². The van der Waals surface area contributed by atoms with Crippen LogP contribution in [-0.4, -0.2) is 49.7 Å². The van der Waals surface area contributed by atoms with Gasteiger partial charge in [-0.2, -0.15) is 13.2 Å². The van der Waals surface area contributed by atoms with Gasteiger partial charge in [0.15, 0.2) is 0 Å². The maximum Gasteiger partial charge on any atom is 0.433 e. The Balaban J connectivity index is 1.34. The van der Waals surface area contributed by atoms with Crippen LogP contribution in [0.2, 0.25) is 5.02 Å². The summed E-state index contributed by atoms with van der Waals surface area (Å²) >= 11 is 7.00. The molecule has 0 radical (unpaired) electrons. The molecule has 2 aromatic carbocycles. The van der Waals surface area contributed by atoms with Crippen LogP contribution in [0.5, 0.6) is 5.88 Å². The second-order valence-electron chi connectivity index (χ2n) is 11.9. The maximum absolute atomic E-state index is 13.9. The zero-order chi connectivity index (χ0) is 35.9. The minimum absolute atomic E-state index is 0.0402. The molecule has 1 fully saturated rings. The van der Waals surface area contributed by atoms with Crippen LogP contribution < -0.4 is 31.9 Å². The largest absolute Gasteiger partial charge is 0.480 e. The van der Waals surface area contributed by atoms with Crippen molar-refractivity contribution in [3.63, 3.8) is 0 Å². The summed E-state index contributed by atoms with van der Waals surface area (Å²) in [7, 11) is 4.03. The number of fused-ring (bicyclic) bond motifs is 1. The van der Waals surface area contributed by atoms with E-state index in [0.717, 1.165) is 15.6 Å². The molecular formula is C34H32ClF3N8O4. The molecule has 0 aliphatic carbocycles. The molecule has 4 heterocycles. The average Bonchev–Trinajstić information content (AvgIpc) is 3.51. The Hall–Kier alpha value is -5.28. The lowest BCUT2D eigenvalue weighted by molar-refractivity contribution is -0.141. The summed E-state index contributed by atoms with van der Waals surface area (Å²) in [6.45, 7) is 2.70. The number of hydrogen-bond donors (Lipinski definition) is 3. The molecule has 260 valence electrons. The predicted molar refractivity (Wildman–Crippen MR) is 183 cm³/mol. The molecule has 1 saturated heterocycles. The molecule has 3 N–H and O–H groups in total. The molecule has 1 aliphatic rings. The fourth-order valence-corrected chi connectivity index (χ4v) is 6.28. The highest BCUT2D eigenvalue weighted by molar-refractivity contribution is 6.36. The minimum Gasteiger partial charge on any atom is -0.480 e. The van der Waals surface area contributed by atoms with Crippen LogP contribution in [0.3, 0.4) is 0 Å². The monoisotopic (exact) mass is 708 g/mol. The van der Waals surface area contributed by atoms with Gasteiger partial charge < -0.3 is 20.7 Å². The van der Waals surface area contributed by atoms with Crippen LogP contribution in [0.4, 0.5) is 24.7 Å². The number of nitrogens with one attached hydrogen (secondary N) is 3. The topological polar surface area (TPSA) is 145 Å². The number of amides is 1. The highest BCUT2D eigenvalue weighted by Gasteiger charge is 2.34. The summed E-state index contributed by atoms with van der Waals surface area (Å²) in [5.74, 6) is -0.00630. The smallest absolute Gasteiger partial charge is 0.433 e. The van der Waals surface area contributed by atoms with E-state index in [-0.39, 0.29) is 28.7 Å². The molecule has 0 spiro atoms. The number of pyridine rings is 1. The van der Waals surface area contributed by atoms with Gasteiger partial charge >= 0.3 is 11.9 Å². The number of nitrogens with zero attached hydrogens (tertiary/aromatic N) is 5. The molecule has 1 aliphatic heterocycles. The molecule has 12 nitrogen and oxygen atoms in total. The number of alkyl halides is 3. The van der Waals surface area contributed by atoms with E-state index in [9.17, 15) is 27.6 Å². The molecule has 0 saturated carbocycles. The number of anilines is 2. The maximum atomic E-state index is 13.9. The first kappa shape index (κ1) is 34.6. The molecule has 3 aromatic heterocycles. The Morgan fingerprint density at radius 2 is 1.76 bits per heavy atom. The number of ether oxygens (including phenoxy) is 1.